The van der Waals surface area contributed by atoms with E-state index in [0.29, 0.717) is 0 Å². The Morgan fingerprint density at radius 2 is 1.88 bits per heavy atom. The van der Waals surface area contributed by atoms with Crippen molar-refractivity contribution < 1.29 is 29.1 Å². The van der Waals surface area contributed by atoms with E-state index in [9.17, 15) is 14.4 Å². The van der Waals surface area contributed by atoms with Crippen LogP contribution in [0, 0.1) is 0 Å². The zero-order valence-corrected chi connectivity index (χ0v) is 16.0. The number of carbonyl (C=O) groups is 3. The van der Waals surface area contributed by atoms with Crippen molar-refractivity contribution >= 4 is 33.8 Å². The highest BCUT2D eigenvalue weighted by atomic mass is 32.2. The van der Waals surface area contributed by atoms with Crippen LogP contribution in [0.25, 0.3) is 0 Å². The van der Waals surface area contributed by atoms with Gasteiger partial charge in [0, 0.05) is 16.1 Å². The number of amidine groups is 1. The molecule has 1 rings (SSSR count). The molecule has 0 aromatic heterocycles. The van der Waals surface area contributed by atoms with Crippen molar-refractivity contribution in [3.8, 4) is 0 Å². The number of carboxylic acid groups (broad SMARTS) is 1. The number of ether oxygens (including phenoxy) is 1. The van der Waals surface area contributed by atoms with Crippen molar-refractivity contribution in [1.29, 1.82) is 0 Å². The molecule has 0 aromatic rings. The Morgan fingerprint density at radius 3 is 2.42 bits per heavy atom. The van der Waals surface area contributed by atoms with Crippen molar-refractivity contribution in [2.24, 2.45) is 15.3 Å². The number of carbonyl (C=O) groups excluding carboxylic acids is 2. The van der Waals surface area contributed by atoms with Crippen molar-refractivity contribution in [1.82, 2.24) is 10.9 Å². The van der Waals surface area contributed by atoms with Crippen LogP contribution < -0.4 is 16.6 Å². The standard InChI is InChI=1S/C14H23N5O6S/c1-13(2,3)24-12(23)18-17-10(22)14(4,5)25-19-26-7-8(6-9(20)21)16-11(26)15/h7H,6H2,1-5H3,(H2,15,16)(H,17,22)(H,18,23)(H,20,21). The Kier molecular flexibility index (Phi) is 6.86. The third-order valence-corrected chi connectivity index (χ3v) is 3.87. The molecule has 5 N–H and O–H groups in total. The van der Waals surface area contributed by atoms with Crippen molar-refractivity contribution in [3.63, 3.8) is 0 Å². The number of nitrogens with two attached hydrogens (primary N) is 1. The molecule has 26 heavy (non-hydrogen) atoms. The molecule has 2 amide bonds. The van der Waals surface area contributed by atoms with Crippen LogP contribution in [0.4, 0.5) is 4.79 Å². The van der Waals surface area contributed by atoms with Gasteiger partial charge < -0.3 is 15.6 Å². The number of nitrogens with one attached hydrogen (secondary N) is 2. The summed E-state index contributed by atoms with van der Waals surface area (Å²) in [4.78, 5) is 43.4. The van der Waals surface area contributed by atoms with Crippen molar-refractivity contribution in [3.05, 3.63) is 11.1 Å². The number of aliphatic imine (C=N–C) groups is 1. The molecule has 1 atom stereocenters. The van der Waals surface area contributed by atoms with E-state index >= 15 is 0 Å². The summed E-state index contributed by atoms with van der Waals surface area (Å²) in [5.74, 6) is -1.73. The first-order chi connectivity index (χ1) is 11.8. The van der Waals surface area contributed by atoms with Crippen LogP contribution >= 0.6 is 0 Å². The van der Waals surface area contributed by atoms with Crippen LogP contribution in [0.3, 0.4) is 0 Å². The highest BCUT2D eigenvalue weighted by Crippen LogP contribution is 2.17. The second-order valence-electron chi connectivity index (χ2n) is 6.70. The molecule has 11 nitrogen and oxygen atoms in total. The Hall–Kier alpha value is -2.47. The second kappa shape index (κ2) is 8.27. The zero-order valence-electron chi connectivity index (χ0n) is 15.2. The van der Waals surface area contributed by atoms with Gasteiger partial charge >= 0.3 is 12.1 Å². The van der Waals surface area contributed by atoms with Gasteiger partial charge in [-0.1, -0.05) is 4.53 Å². The molecular weight excluding hydrogens is 366 g/mol. The number of amides is 2. The van der Waals surface area contributed by atoms with Gasteiger partial charge in [-0.25, -0.2) is 20.1 Å². The Labute approximate surface area is 153 Å². The van der Waals surface area contributed by atoms with Crippen LogP contribution in [-0.4, -0.2) is 39.4 Å². The monoisotopic (exact) mass is 389 g/mol. The molecule has 0 spiro atoms. The smallest absolute Gasteiger partial charge is 0.426 e. The van der Waals surface area contributed by atoms with E-state index in [0.717, 1.165) is 0 Å². The first kappa shape index (κ1) is 21.6. The van der Waals surface area contributed by atoms with E-state index in [-0.39, 0.29) is 17.3 Å². The number of hydrogen-bond acceptors (Lipinski definition) is 8. The van der Waals surface area contributed by atoms with Crippen LogP contribution in [0.15, 0.2) is 20.6 Å². The predicted molar refractivity (Wildman–Crippen MR) is 94.4 cm³/mol. The molecule has 1 aliphatic heterocycles. The van der Waals surface area contributed by atoms with Gasteiger partial charge in [0.2, 0.25) is 0 Å². The summed E-state index contributed by atoms with van der Waals surface area (Å²) in [6.07, 6.45) is -1.11. The molecule has 0 radical (unpaired) electrons. The van der Waals surface area contributed by atoms with E-state index in [1.807, 2.05) is 0 Å². The van der Waals surface area contributed by atoms with E-state index in [2.05, 4.69) is 20.4 Å². The van der Waals surface area contributed by atoms with Crippen LogP contribution in [0.5, 0.6) is 0 Å². The highest BCUT2D eigenvalue weighted by Gasteiger charge is 2.31. The molecule has 12 heteroatoms. The van der Waals surface area contributed by atoms with Crippen molar-refractivity contribution in [2.75, 3.05) is 0 Å². The molecule has 0 saturated heterocycles. The van der Waals surface area contributed by atoms with E-state index in [4.69, 9.17) is 20.4 Å². The number of carboxylic acids is 1. The summed E-state index contributed by atoms with van der Waals surface area (Å²) in [6.45, 7) is 7.90. The summed E-state index contributed by atoms with van der Waals surface area (Å²) in [6, 6.07) is 0. The lowest BCUT2D eigenvalue weighted by Crippen LogP contribution is -2.52. The second-order valence-corrected chi connectivity index (χ2v) is 8.13. The SMILES string of the molecule is CC(C)(C)OC(=O)NNC(=O)C(C)(C)O/N=S1/C=C(CC(=O)O)N=C1N. The quantitative estimate of drug-likeness (QED) is 0.502. The third-order valence-electron chi connectivity index (χ3n) is 2.62. The fourth-order valence-corrected chi connectivity index (χ4v) is 2.55. The molecule has 0 aromatic carbocycles. The molecule has 1 aliphatic rings. The van der Waals surface area contributed by atoms with Gasteiger partial charge in [0.25, 0.3) is 5.91 Å². The molecule has 1 unspecified atom stereocenters. The minimum Gasteiger partial charge on any atom is -0.481 e. The van der Waals surface area contributed by atoms with Crippen LogP contribution in [0.1, 0.15) is 41.0 Å². The van der Waals surface area contributed by atoms with Gasteiger partial charge in [0.1, 0.15) is 5.60 Å². The molecule has 0 saturated carbocycles. The summed E-state index contributed by atoms with van der Waals surface area (Å²) in [5.41, 5.74) is 8.06. The Bertz CT molecular complexity index is 692. The number of rotatable bonds is 5. The molecule has 0 bridgehead atoms. The maximum absolute atomic E-state index is 12.1. The summed E-state index contributed by atoms with van der Waals surface area (Å²) < 4.78 is 8.82. The number of hydrazine groups is 1. The van der Waals surface area contributed by atoms with Gasteiger partial charge in [-0.15, -0.1) is 0 Å². The number of nitrogens with zero attached hydrogens (tertiary/aromatic N) is 2. The molecule has 0 fully saturated rings. The lowest BCUT2D eigenvalue weighted by atomic mass is 10.1. The lowest BCUT2D eigenvalue weighted by molar-refractivity contribution is -0.143. The number of aliphatic carboxylic acids is 1. The first-order valence-electron chi connectivity index (χ1n) is 7.48. The largest absolute Gasteiger partial charge is 0.481 e. The number of hydrogen-bond donors (Lipinski definition) is 4. The summed E-state index contributed by atoms with van der Waals surface area (Å²) >= 11 is 0. The van der Waals surface area contributed by atoms with Gasteiger partial charge in [-0.05, 0) is 34.6 Å². The fraction of sp³-hybridized carbons (Fsp3) is 0.571. The average molecular weight is 389 g/mol. The first-order valence-corrected chi connectivity index (χ1v) is 8.73. The summed E-state index contributed by atoms with van der Waals surface area (Å²) in [7, 11) is -1.09. The fourth-order valence-electron chi connectivity index (χ4n) is 1.44. The minimum absolute atomic E-state index is 0.0874. The van der Waals surface area contributed by atoms with E-state index < -0.39 is 39.9 Å². The van der Waals surface area contributed by atoms with Gasteiger partial charge in [-0.3, -0.25) is 15.0 Å². The normalized spacial score (nSPS) is 17.3. The molecule has 146 valence electrons. The van der Waals surface area contributed by atoms with Gasteiger partial charge in [0.05, 0.1) is 12.1 Å². The minimum atomic E-state index is -1.44. The topological polar surface area (TPSA) is 165 Å². The third kappa shape index (κ3) is 7.19. The van der Waals surface area contributed by atoms with Crippen LogP contribution in [0.2, 0.25) is 0 Å². The Morgan fingerprint density at radius 1 is 1.27 bits per heavy atom. The van der Waals surface area contributed by atoms with E-state index in [1.165, 1.54) is 19.3 Å². The summed E-state index contributed by atoms with van der Waals surface area (Å²) in [5, 5.41) is 10.3. The van der Waals surface area contributed by atoms with Gasteiger partial charge in [0.15, 0.2) is 10.8 Å². The Balaban J connectivity index is 2.64. The van der Waals surface area contributed by atoms with E-state index in [1.54, 1.807) is 20.8 Å². The maximum atomic E-state index is 12.1. The molecular formula is C14H23N5O6S. The zero-order chi connectivity index (χ0) is 20.1. The molecule has 0 aliphatic carbocycles. The maximum Gasteiger partial charge on any atom is 0.426 e. The average Bonchev–Trinajstić information content (AvgIpc) is 2.79. The highest BCUT2D eigenvalue weighted by molar-refractivity contribution is 8.05. The lowest BCUT2D eigenvalue weighted by Gasteiger charge is -2.23. The van der Waals surface area contributed by atoms with Crippen LogP contribution in [-0.2, 0) is 29.9 Å². The van der Waals surface area contributed by atoms with Gasteiger partial charge in [-0.2, -0.15) is 0 Å². The predicted octanol–water partition coefficient (Wildman–Crippen LogP) is 0.699. The molecule has 1 heterocycles. The van der Waals surface area contributed by atoms with Crippen molar-refractivity contribution in [2.45, 2.75) is 52.2 Å².